The minimum absolute atomic E-state index is 0.238. The number of aromatic amines is 2. The van der Waals surface area contributed by atoms with E-state index < -0.39 is 0 Å². The van der Waals surface area contributed by atoms with Gasteiger partial charge in [-0.2, -0.15) is 5.10 Å². The molecule has 124 valence electrons. The first-order valence-corrected chi connectivity index (χ1v) is 8.18. The van der Waals surface area contributed by atoms with Gasteiger partial charge in [0.2, 0.25) is 0 Å². The van der Waals surface area contributed by atoms with Gasteiger partial charge in [-0.15, -0.1) is 0 Å². The average molecular weight is 325 g/mol. The summed E-state index contributed by atoms with van der Waals surface area (Å²) in [6, 6.07) is 8.56. The van der Waals surface area contributed by atoms with Crippen LogP contribution in [-0.2, 0) is 0 Å². The van der Waals surface area contributed by atoms with Crippen LogP contribution < -0.4 is 5.32 Å². The van der Waals surface area contributed by atoms with E-state index in [0.29, 0.717) is 0 Å². The lowest BCUT2D eigenvalue weighted by molar-refractivity contribution is 0.185. The van der Waals surface area contributed by atoms with E-state index in [2.05, 4.69) is 32.0 Å². The molecule has 0 spiro atoms. The number of nitrogens with zero attached hydrogens (tertiary/aromatic N) is 2. The number of hydrogen-bond donors (Lipinski definition) is 3. The zero-order valence-electron chi connectivity index (χ0n) is 13.4. The summed E-state index contributed by atoms with van der Waals surface area (Å²) in [6.45, 7) is 8.35. The van der Waals surface area contributed by atoms with Crippen LogP contribution in [0.15, 0.2) is 36.9 Å². The van der Waals surface area contributed by atoms with Gasteiger partial charge in [0.25, 0.3) is 0 Å². The quantitative estimate of drug-likeness (QED) is 0.653. The summed E-state index contributed by atoms with van der Waals surface area (Å²) in [5, 5.41) is 11.5. The molecule has 1 aliphatic rings. The summed E-state index contributed by atoms with van der Waals surface area (Å²) in [4.78, 5) is 5.67. The molecule has 3 aromatic rings. The number of halogens is 1. The van der Waals surface area contributed by atoms with E-state index in [0.717, 1.165) is 46.8 Å². The number of H-pyrrole nitrogens is 2. The zero-order chi connectivity index (χ0) is 16.5. The van der Waals surface area contributed by atoms with Crippen molar-refractivity contribution in [1.82, 2.24) is 25.4 Å². The molecule has 2 aromatic heterocycles. The monoisotopic (exact) mass is 325 g/mol. The van der Waals surface area contributed by atoms with Crippen molar-refractivity contribution in [1.29, 1.82) is 0 Å². The predicted octanol–water partition coefficient (Wildman–Crippen LogP) is 2.96. The average Bonchev–Trinajstić information content (AvgIpc) is 3.15. The van der Waals surface area contributed by atoms with Crippen LogP contribution in [0.4, 0.5) is 4.39 Å². The fourth-order valence-electron chi connectivity index (χ4n) is 2.92. The SMILES string of the molecule is C=C(NCCN1CCC1)c1cc(-c2cc3cc(F)ccc3[nH]2)[nH]n1. The van der Waals surface area contributed by atoms with Crippen molar-refractivity contribution in [3.63, 3.8) is 0 Å². The number of hydrogen-bond acceptors (Lipinski definition) is 3. The maximum absolute atomic E-state index is 13.3. The summed E-state index contributed by atoms with van der Waals surface area (Å²) in [7, 11) is 0. The third-order valence-corrected chi connectivity index (χ3v) is 4.48. The molecule has 0 atom stereocenters. The second-order valence-electron chi connectivity index (χ2n) is 6.18. The van der Waals surface area contributed by atoms with Crippen molar-refractivity contribution in [3.05, 3.63) is 48.4 Å². The zero-order valence-corrected chi connectivity index (χ0v) is 13.4. The molecule has 1 fully saturated rings. The molecule has 4 rings (SSSR count). The first-order chi connectivity index (χ1) is 11.7. The number of rotatable bonds is 6. The van der Waals surface area contributed by atoms with Gasteiger partial charge in [-0.25, -0.2) is 4.39 Å². The molecule has 6 heteroatoms. The van der Waals surface area contributed by atoms with E-state index in [1.807, 2.05) is 12.1 Å². The van der Waals surface area contributed by atoms with Crippen molar-refractivity contribution in [2.24, 2.45) is 0 Å². The maximum atomic E-state index is 13.3. The van der Waals surface area contributed by atoms with Crippen molar-refractivity contribution in [2.45, 2.75) is 6.42 Å². The van der Waals surface area contributed by atoms with E-state index in [4.69, 9.17) is 0 Å². The molecule has 0 aliphatic carbocycles. The van der Waals surface area contributed by atoms with E-state index in [1.54, 1.807) is 6.07 Å². The molecule has 0 radical (unpaired) electrons. The summed E-state index contributed by atoms with van der Waals surface area (Å²) < 4.78 is 13.3. The molecule has 3 N–H and O–H groups in total. The Bertz CT molecular complexity index is 875. The van der Waals surface area contributed by atoms with Crippen molar-refractivity contribution in [2.75, 3.05) is 26.2 Å². The van der Waals surface area contributed by atoms with Crippen LogP contribution in [0.3, 0.4) is 0 Å². The molecule has 1 aliphatic heterocycles. The van der Waals surface area contributed by atoms with Crippen molar-refractivity contribution in [3.8, 4) is 11.4 Å². The summed E-state index contributed by atoms with van der Waals surface area (Å²) >= 11 is 0. The van der Waals surface area contributed by atoms with Crippen LogP contribution in [0.5, 0.6) is 0 Å². The van der Waals surface area contributed by atoms with Gasteiger partial charge in [0.15, 0.2) is 0 Å². The second kappa shape index (κ2) is 6.13. The Labute approximate surface area is 139 Å². The van der Waals surface area contributed by atoms with E-state index in [9.17, 15) is 4.39 Å². The summed E-state index contributed by atoms with van der Waals surface area (Å²) in [5.41, 5.74) is 4.22. The molecule has 1 saturated heterocycles. The highest BCUT2D eigenvalue weighted by Gasteiger charge is 2.13. The lowest BCUT2D eigenvalue weighted by atomic mass is 10.2. The largest absolute Gasteiger partial charge is 0.382 e. The topological polar surface area (TPSA) is 59.7 Å². The Kier molecular flexibility index (Phi) is 3.82. The van der Waals surface area contributed by atoms with Crippen molar-refractivity contribution < 1.29 is 4.39 Å². The number of nitrogens with one attached hydrogen (secondary N) is 3. The van der Waals surface area contributed by atoms with Gasteiger partial charge >= 0.3 is 0 Å². The number of fused-ring (bicyclic) bond motifs is 1. The Morgan fingerprint density at radius 3 is 2.92 bits per heavy atom. The van der Waals surface area contributed by atoms with Gasteiger partial charge in [0, 0.05) is 24.0 Å². The van der Waals surface area contributed by atoms with Crippen LogP contribution in [-0.4, -0.2) is 46.3 Å². The van der Waals surface area contributed by atoms with Crippen LogP contribution >= 0.6 is 0 Å². The Morgan fingerprint density at radius 1 is 1.25 bits per heavy atom. The third-order valence-electron chi connectivity index (χ3n) is 4.48. The minimum Gasteiger partial charge on any atom is -0.382 e. The fraction of sp³-hybridized carbons (Fsp3) is 0.278. The normalized spacial score (nSPS) is 14.7. The minimum atomic E-state index is -0.238. The third kappa shape index (κ3) is 2.92. The molecule has 0 bridgehead atoms. The molecule has 0 amide bonds. The highest BCUT2D eigenvalue weighted by molar-refractivity contribution is 5.85. The van der Waals surface area contributed by atoms with E-state index in [-0.39, 0.29) is 5.82 Å². The van der Waals surface area contributed by atoms with Gasteiger partial charge in [-0.1, -0.05) is 6.58 Å². The molecule has 24 heavy (non-hydrogen) atoms. The van der Waals surface area contributed by atoms with E-state index >= 15 is 0 Å². The van der Waals surface area contributed by atoms with Crippen LogP contribution in [0.25, 0.3) is 28.0 Å². The Balaban J connectivity index is 1.45. The van der Waals surface area contributed by atoms with Gasteiger partial charge in [-0.3, -0.25) is 5.10 Å². The molecular formula is C18H20FN5. The highest BCUT2D eigenvalue weighted by atomic mass is 19.1. The first kappa shape index (κ1) is 15.0. The molecule has 3 heterocycles. The van der Waals surface area contributed by atoms with Gasteiger partial charge in [0.05, 0.1) is 17.1 Å². The Morgan fingerprint density at radius 2 is 2.12 bits per heavy atom. The van der Waals surface area contributed by atoms with Gasteiger partial charge in [-0.05, 0) is 49.8 Å². The standard InChI is InChI=1S/C18H20FN5/c1-12(20-5-8-24-6-2-7-24)16-11-18(23-22-16)17-10-13-9-14(19)3-4-15(13)21-17/h3-4,9-11,20-21H,1-2,5-8H2,(H,22,23). The lowest BCUT2D eigenvalue weighted by Gasteiger charge is -2.30. The molecular weight excluding hydrogens is 305 g/mol. The lowest BCUT2D eigenvalue weighted by Crippen LogP contribution is -2.41. The number of likely N-dealkylation sites (tertiary alicyclic amines) is 1. The van der Waals surface area contributed by atoms with Gasteiger partial charge < -0.3 is 15.2 Å². The van der Waals surface area contributed by atoms with Crippen molar-refractivity contribution >= 4 is 16.6 Å². The fourth-order valence-corrected chi connectivity index (χ4v) is 2.92. The smallest absolute Gasteiger partial charge is 0.123 e. The maximum Gasteiger partial charge on any atom is 0.123 e. The van der Waals surface area contributed by atoms with Crippen LogP contribution in [0, 0.1) is 5.82 Å². The molecule has 0 saturated carbocycles. The van der Waals surface area contributed by atoms with E-state index in [1.165, 1.54) is 31.6 Å². The van der Waals surface area contributed by atoms with Crippen LogP contribution in [0.1, 0.15) is 12.1 Å². The number of benzene rings is 1. The number of aromatic nitrogens is 3. The van der Waals surface area contributed by atoms with Crippen LogP contribution in [0.2, 0.25) is 0 Å². The molecule has 1 aromatic carbocycles. The predicted molar refractivity (Wildman–Crippen MR) is 93.9 cm³/mol. The Hall–Kier alpha value is -2.60. The first-order valence-electron chi connectivity index (χ1n) is 8.18. The molecule has 0 unspecified atom stereocenters. The second-order valence-corrected chi connectivity index (χ2v) is 6.18. The highest BCUT2D eigenvalue weighted by Crippen LogP contribution is 2.24. The van der Waals surface area contributed by atoms with Gasteiger partial charge in [0.1, 0.15) is 11.5 Å². The summed E-state index contributed by atoms with van der Waals surface area (Å²) in [5.74, 6) is -0.238. The molecule has 5 nitrogen and oxygen atoms in total. The summed E-state index contributed by atoms with van der Waals surface area (Å²) in [6.07, 6.45) is 1.30.